The van der Waals surface area contributed by atoms with Crippen molar-refractivity contribution in [2.24, 2.45) is 5.73 Å². The lowest BCUT2D eigenvalue weighted by molar-refractivity contribution is 0.0971. The van der Waals surface area contributed by atoms with Gasteiger partial charge in [-0.05, 0) is 19.1 Å². The minimum atomic E-state index is -1.63. The number of carbonyl (C=O) groups excluding carboxylic acids is 1. The number of benzene rings is 1. The third-order valence-electron chi connectivity index (χ3n) is 1.84. The Morgan fingerprint density at radius 3 is 2.47 bits per heavy atom. The van der Waals surface area contributed by atoms with Crippen LogP contribution in [0.4, 0.5) is 13.2 Å². The average molecular weight is 217 g/mol. The highest BCUT2D eigenvalue weighted by Crippen LogP contribution is 2.16. The van der Waals surface area contributed by atoms with Crippen molar-refractivity contribution in [3.8, 4) is 0 Å². The number of nitrogens with two attached hydrogens (primary N) is 1. The number of rotatable bonds is 3. The van der Waals surface area contributed by atoms with Gasteiger partial charge in [-0.25, -0.2) is 13.2 Å². The van der Waals surface area contributed by atoms with Crippen molar-refractivity contribution in [1.29, 1.82) is 0 Å². The van der Waals surface area contributed by atoms with Gasteiger partial charge in [-0.2, -0.15) is 0 Å². The topological polar surface area (TPSA) is 43.1 Å². The molecule has 2 nitrogen and oxygen atoms in total. The molecule has 82 valence electrons. The molecule has 0 aliphatic heterocycles. The molecule has 1 aromatic rings. The number of carbonyl (C=O) groups is 1. The standard InChI is InChI=1S/C10H10F3NO/c1-5(14)4-8(15)6-2-3-7(11)10(13)9(6)12/h2-3,5H,4,14H2,1H3. The molecular weight excluding hydrogens is 207 g/mol. The van der Waals surface area contributed by atoms with E-state index in [2.05, 4.69) is 0 Å². The van der Waals surface area contributed by atoms with Crippen molar-refractivity contribution in [2.75, 3.05) is 0 Å². The molecule has 0 amide bonds. The molecule has 0 aliphatic rings. The Morgan fingerprint density at radius 1 is 1.33 bits per heavy atom. The fourth-order valence-electron chi connectivity index (χ4n) is 1.14. The van der Waals surface area contributed by atoms with Gasteiger partial charge in [0.2, 0.25) is 0 Å². The van der Waals surface area contributed by atoms with Gasteiger partial charge in [-0.15, -0.1) is 0 Å². The van der Waals surface area contributed by atoms with E-state index in [1.165, 1.54) is 0 Å². The predicted molar refractivity (Wildman–Crippen MR) is 48.9 cm³/mol. The van der Waals surface area contributed by atoms with E-state index >= 15 is 0 Å². The van der Waals surface area contributed by atoms with Crippen LogP contribution in [0.25, 0.3) is 0 Å². The van der Waals surface area contributed by atoms with Crippen molar-refractivity contribution in [3.05, 3.63) is 35.1 Å². The molecule has 1 unspecified atom stereocenters. The summed E-state index contributed by atoms with van der Waals surface area (Å²) < 4.78 is 38.4. The van der Waals surface area contributed by atoms with Gasteiger partial charge in [0.1, 0.15) is 0 Å². The minimum Gasteiger partial charge on any atom is -0.328 e. The van der Waals surface area contributed by atoms with Crippen molar-refractivity contribution in [1.82, 2.24) is 0 Å². The van der Waals surface area contributed by atoms with Gasteiger partial charge in [0, 0.05) is 12.5 Å². The first-order valence-electron chi connectivity index (χ1n) is 4.35. The highest BCUT2D eigenvalue weighted by atomic mass is 19.2. The summed E-state index contributed by atoms with van der Waals surface area (Å²) in [6.45, 7) is 1.57. The first kappa shape index (κ1) is 11.7. The van der Waals surface area contributed by atoms with Crippen LogP contribution < -0.4 is 5.73 Å². The maximum absolute atomic E-state index is 13.1. The van der Waals surface area contributed by atoms with Crippen LogP contribution in [0.5, 0.6) is 0 Å². The molecule has 0 spiro atoms. The molecule has 0 heterocycles. The van der Waals surface area contributed by atoms with Crippen LogP contribution in [0.2, 0.25) is 0 Å². The summed E-state index contributed by atoms with van der Waals surface area (Å²) in [7, 11) is 0. The maximum Gasteiger partial charge on any atom is 0.195 e. The maximum atomic E-state index is 13.1. The van der Waals surface area contributed by atoms with Crippen LogP contribution in [0.1, 0.15) is 23.7 Å². The number of ketones is 1. The summed E-state index contributed by atoms with van der Waals surface area (Å²) >= 11 is 0. The summed E-state index contributed by atoms with van der Waals surface area (Å²) in [5.41, 5.74) is 4.87. The largest absolute Gasteiger partial charge is 0.328 e. The lowest BCUT2D eigenvalue weighted by atomic mass is 10.0. The van der Waals surface area contributed by atoms with Gasteiger partial charge in [0.05, 0.1) is 5.56 Å². The Bertz CT molecular complexity index is 390. The zero-order valence-corrected chi connectivity index (χ0v) is 8.06. The number of halogens is 3. The van der Waals surface area contributed by atoms with Crippen LogP contribution >= 0.6 is 0 Å². The Balaban J connectivity index is 3.06. The molecule has 1 aromatic carbocycles. The first-order chi connectivity index (χ1) is 6.93. The zero-order chi connectivity index (χ0) is 11.6. The monoisotopic (exact) mass is 217 g/mol. The molecule has 0 saturated heterocycles. The molecular formula is C10H10F3NO. The molecule has 15 heavy (non-hydrogen) atoms. The summed E-state index contributed by atoms with van der Waals surface area (Å²) in [4.78, 5) is 11.3. The third-order valence-corrected chi connectivity index (χ3v) is 1.84. The molecule has 0 saturated carbocycles. The van der Waals surface area contributed by atoms with Crippen molar-refractivity contribution < 1.29 is 18.0 Å². The normalized spacial score (nSPS) is 12.6. The van der Waals surface area contributed by atoms with E-state index < -0.39 is 34.8 Å². The quantitative estimate of drug-likeness (QED) is 0.621. The fourth-order valence-corrected chi connectivity index (χ4v) is 1.14. The van der Waals surface area contributed by atoms with Crippen LogP contribution in [0.3, 0.4) is 0 Å². The molecule has 0 radical (unpaired) electrons. The molecule has 0 bridgehead atoms. The van der Waals surface area contributed by atoms with Gasteiger partial charge >= 0.3 is 0 Å². The van der Waals surface area contributed by atoms with E-state index in [4.69, 9.17) is 5.73 Å². The molecule has 1 rings (SSSR count). The lowest BCUT2D eigenvalue weighted by Crippen LogP contribution is -2.20. The minimum absolute atomic E-state index is 0.109. The van der Waals surface area contributed by atoms with E-state index in [1.54, 1.807) is 6.92 Å². The summed E-state index contributed by atoms with van der Waals surface area (Å²) in [6, 6.07) is 1.18. The summed E-state index contributed by atoms with van der Waals surface area (Å²) in [5.74, 6) is -5.04. The van der Waals surface area contributed by atoms with Crippen LogP contribution in [-0.2, 0) is 0 Å². The summed E-state index contributed by atoms with van der Waals surface area (Å²) in [6.07, 6.45) is -0.109. The predicted octanol–water partition coefficient (Wildman–Crippen LogP) is 2.02. The van der Waals surface area contributed by atoms with E-state index in [1.807, 2.05) is 0 Å². The Morgan fingerprint density at radius 2 is 1.93 bits per heavy atom. The smallest absolute Gasteiger partial charge is 0.195 e. The molecule has 2 N–H and O–H groups in total. The number of Topliss-reactive ketones (excluding diaryl/α,β-unsaturated/α-hetero) is 1. The molecule has 1 atom stereocenters. The SMILES string of the molecule is CC(N)CC(=O)c1ccc(F)c(F)c1F. The van der Waals surface area contributed by atoms with Crippen molar-refractivity contribution in [3.63, 3.8) is 0 Å². The highest BCUT2D eigenvalue weighted by molar-refractivity contribution is 5.96. The third kappa shape index (κ3) is 2.56. The Kier molecular flexibility index (Phi) is 3.47. The van der Waals surface area contributed by atoms with Crippen molar-refractivity contribution in [2.45, 2.75) is 19.4 Å². The molecule has 5 heteroatoms. The van der Waals surface area contributed by atoms with E-state index in [9.17, 15) is 18.0 Å². The fraction of sp³-hybridized carbons (Fsp3) is 0.300. The van der Waals surface area contributed by atoms with Crippen LogP contribution in [-0.4, -0.2) is 11.8 Å². The van der Waals surface area contributed by atoms with Crippen LogP contribution in [0, 0.1) is 17.5 Å². The van der Waals surface area contributed by atoms with Crippen molar-refractivity contribution >= 4 is 5.78 Å². The lowest BCUT2D eigenvalue weighted by Gasteiger charge is -2.05. The van der Waals surface area contributed by atoms with E-state index in [0.29, 0.717) is 6.07 Å². The van der Waals surface area contributed by atoms with Crippen LogP contribution in [0.15, 0.2) is 12.1 Å². The highest BCUT2D eigenvalue weighted by Gasteiger charge is 2.19. The van der Waals surface area contributed by atoms with Gasteiger partial charge in [-0.1, -0.05) is 0 Å². The number of hydrogen-bond acceptors (Lipinski definition) is 2. The number of hydrogen-bond donors (Lipinski definition) is 1. The second-order valence-corrected chi connectivity index (χ2v) is 3.33. The molecule has 0 aliphatic carbocycles. The van der Waals surface area contributed by atoms with Gasteiger partial charge < -0.3 is 5.73 Å². The first-order valence-corrected chi connectivity index (χ1v) is 4.35. The molecule has 0 fully saturated rings. The summed E-state index contributed by atoms with van der Waals surface area (Å²) in [5, 5.41) is 0. The Labute approximate surface area is 84.9 Å². The van der Waals surface area contributed by atoms with Gasteiger partial charge in [0.25, 0.3) is 0 Å². The zero-order valence-electron chi connectivity index (χ0n) is 8.06. The van der Waals surface area contributed by atoms with Gasteiger partial charge in [0.15, 0.2) is 23.2 Å². The van der Waals surface area contributed by atoms with E-state index in [-0.39, 0.29) is 6.42 Å². The average Bonchev–Trinajstić information content (AvgIpc) is 2.13. The second kappa shape index (κ2) is 4.44. The van der Waals surface area contributed by atoms with E-state index in [0.717, 1.165) is 6.07 Å². The van der Waals surface area contributed by atoms with Gasteiger partial charge in [-0.3, -0.25) is 4.79 Å². The Hall–Kier alpha value is -1.36. The second-order valence-electron chi connectivity index (χ2n) is 3.33. The molecule has 0 aromatic heterocycles.